The summed E-state index contributed by atoms with van der Waals surface area (Å²) in [7, 11) is 2.24. The Morgan fingerprint density at radius 3 is 2.58 bits per heavy atom. The lowest BCUT2D eigenvalue weighted by Gasteiger charge is -2.27. The summed E-state index contributed by atoms with van der Waals surface area (Å²) in [4.78, 5) is 1.59. The lowest BCUT2D eigenvalue weighted by molar-refractivity contribution is -0.884. The molecule has 98 valence electrons. The van der Waals surface area contributed by atoms with Gasteiger partial charge in [0, 0.05) is 0 Å². The first-order valence-corrected chi connectivity index (χ1v) is 6.90. The zero-order chi connectivity index (χ0) is 13.1. The molecule has 2 aromatic rings. The lowest BCUT2D eigenvalue weighted by Crippen LogP contribution is -3.11. The number of nitrogens with one attached hydrogen (secondary N) is 1. The van der Waals surface area contributed by atoms with E-state index < -0.39 is 0 Å². The highest BCUT2D eigenvalue weighted by molar-refractivity contribution is 5.90. The highest BCUT2D eigenvalue weighted by Gasteiger charge is 2.13. The molecule has 3 heteroatoms. The first-order chi connectivity index (χ1) is 9.31. The fourth-order valence-corrected chi connectivity index (χ4v) is 2.43. The van der Waals surface area contributed by atoms with Crippen molar-refractivity contribution in [1.29, 1.82) is 0 Å². The Hall–Kier alpha value is -1.87. The minimum Gasteiger partial charge on any atom is -0.334 e. The molecular weight excluding hydrogens is 234 g/mol. The Bertz CT molecular complexity index is 583. The fourth-order valence-electron chi connectivity index (χ4n) is 2.43. The van der Waals surface area contributed by atoms with Gasteiger partial charge in [0.2, 0.25) is 0 Å². The zero-order valence-corrected chi connectivity index (χ0v) is 11.3. The van der Waals surface area contributed by atoms with Crippen molar-refractivity contribution in [2.75, 3.05) is 33.2 Å². The second kappa shape index (κ2) is 5.41. The SMILES string of the molecule is C[NH+]1CCN(/N=C\c2ccc3ccccc3c2)CC1. The fraction of sp³-hybridized carbons (Fsp3) is 0.312. The Labute approximate surface area is 114 Å². The molecule has 3 nitrogen and oxygen atoms in total. The van der Waals surface area contributed by atoms with Crippen LogP contribution in [-0.2, 0) is 0 Å². The van der Waals surface area contributed by atoms with Crippen LogP contribution in [0.1, 0.15) is 5.56 Å². The van der Waals surface area contributed by atoms with E-state index in [0.29, 0.717) is 0 Å². The van der Waals surface area contributed by atoms with Gasteiger partial charge in [-0.25, -0.2) is 0 Å². The maximum atomic E-state index is 4.59. The van der Waals surface area contributed by atoms with Crippen LogP contribution in [0, 0.1) is 0 Å². The van der Waals surface area contributed by atoms with Gasteiger partial charge >= 0.3 is 0 Å². The van der Waals surface area contributed by atoms with Crippen LogP contribution in [0.3, 0.4) is 0 Å². The standard InChI is InChI=1S/C16H19N3/c1-18-8-10-19(11-9-18)17-13-14-6-7-15-4-2-3-5-16(15)12-14/h2-7,12-13H,8-11H2,1H3/p+1/b17-13-. The third-order valence-electron chi connectivity index (χ3n) is 3.74. The molecule has 0 amide bonds. The van der Waals surface area contributed by atoms with Gasteiger partial charge < -0.3 is 4.90 Å². The van der Waals surface area contributed by atoms with Gasteiger partial charge in [0.05, 0.1) is 39.4 Å². The van der Waals surface area contributed by atoms with Crippen molar-refractivity contribution < 1.29 is 4.90 Å². The highest BCUT2D eigenvalue weighted by Crippen LogP contribution is 2.14. The molecule has 1 saturated heterocycles. The second-order valence-electron chi connectivity index (χ2n) is 5.26. The number of benzene rings is 2. The number of hydrogen-bond acceptors (Lipinski definition) is 2. The summed E-state index contributed by atoms with van der Waals surface area (Å²) >= 11 is 0. The van der Waals surface area contributed by atoms with Crippen LogP contribution in [0.4, 0.5) is 0 Å². The van der Waals surface area contributed by atoms with E-state index in [9.17, 15) is 0 Å². The third kappa shape index (κ3) is 2.93. The number of nitrogens with zero attached hydrogens (tertiary/aromatic N) is 2. The molecule has 1 aliphatic rings. The van der Waals surface area contributed by atoms with Crippen LogP contribution in [0.5, 0.6) is 0 Å². The Balaban J connectivity index is 1.74. The number of rotatable bonds is 2. The van der Waals surface area contributed by atoms with Gasteiger partial charge in [-0.3, -0.25) is 5.01 Å². The van der Waals surface area contributed by atoms with Gasteiger partial charge in [0.15, 0.2) is 0 Å². The average molecular weight is 254 g/mol. The van der Waals surface area contributed by atoms with Crippen molar-refractivity contribution in [2.45, 2.75) is 0 Å². The smallest absolute Gasteiger partial charge is 0.0964 e. The van der Waals surface area contributed by atoms with Gasteiger partial charge in [0.25, 0.3) is 0 Å². The first kappa shape index (κ1) is 12.2. The highest BCUT2D eigenvalue weighted by atomic mass is 15.5. The molecule has 0 spiro atoms. The Morgan fingerprint density at radius 2 is 1.79 bits per heavy atom. The molecule has 1 fully saturated rings. The number of piperazine rings is 1. The minimum absolute atomic E-state index is 1.05. The monoisotopic (exact) mass is 254 g/mol. The van der Waals surface area contributed by atoms with Crippen molar-refractivity contribution in [3.63, 3.8) is 0 Å². The lowest BCUT2D eigenvalue weighted by atomic mass is 10.1. The summed E-state index contributed by atoms with van der Waals surface area (Å²) in [6, 6.07) is 14.9. The Kier molecular flexibility index (Phi) is 3.47. The van der Waals surface area contributed by atoms with Gasteiger partial charge in [-0.15, -0.1) is 0 Å². The normalized spacial score (nSPS) is 17.4. The predicted octanol–water partition coefficient (Wildman–Crippen LogP) is 1.00. The zero-order valence-electron chi connectivity index (χ0n) is 11.3. The quantitative estimate of drug-likeness (QED) is 0.793. The molecule has 0 bridgehead atoms. The predicted molar refractivity (Wildman–Crippen MR) is 79.7 cm³/mol. The van der Waals surface area contributed by atoms with Crippen molar-refractivity contribution >= 4 is 17.0 Å². The molecule has 19 heavy (non-hydrogen) atoms. The number of fused-ring (bicyclic) bond motifs is 1. The van der Waals surface area contributed by atoms with Gasteiger partial charge in [-0.2, -0.15) is 5.10 Å². The van der Waals surface area contributed by atoms with Crippen LogP contribution < -0.4 is 4.90 Å². The number of quaternary nitrogens is 1. The molecule has 0 aromatic heterocycles. The molecule has 2 aromatic carbocycles. The van der Waals surface area contributed by atoms with Crippen LogP contribution in [0.2, 0.25) is 0 Å². The summed E-state index contributed by atoms with van der Waals surface area (Å²) in [5.41, 5.74) is 1.17. The van der Waals surface area contributed by atoms with E-state index in [1.165, 1.54) is 29.4 Å². The summed E-state index contributed by atoms with van der Waals surface area (Å²) in [5.74, 6) is 0. The van der Waals surface area contributed by atoms with Gasteiger partial charge in [0.1, 0.15) is 0 Å². The van der Waals surface area contributed by atoms with Gasteiger partial charge in [-0.05, 0) is 22.4 Å². The van der Waals surface area contributed by atoms with Crippen molar-refractivity contribution in [3.8, 4) is 0 Å². The topological polar surface area (TPSA) is 20.0 Å². The number of hydrazone groups is 1. The molecule has 1 N–H and O–H groups in total. The van der Waals surface area contributed by atoms with Crippen LogP contribution in [-0.4, -0.2) is 44.5 Å². The molecule has 0 aliphatic carbocycles. The maximum absolute atomic E-state index is 4.59. The summed E-state index contributed by atoms with van der Waals surface area (Å²) in [6.07, 6.45) is 1.98. The van der Waals surface area contributed by atoms with E-state index in [-0.39, 0.29) is 0 Å². The molecule has 3 rings (SSSR count). The molecular formula is C16H20N3+. The molecule has 0 atom stereocenters. The first-order valence-electron chi connectivity index (χ1n) is 6.90. The van der Waals surface area contributed by atoms with E-state index in [1.54, 1.807) is 4.90 Å². The van der Waals surface area contributed by atoms with Crippen LogP contribution in [0.25, 0.3) is 10.8 Å². The van der Waals surface area contributed by atoms with Gasteiger partial charge in [-0.1, -0.05) is 36.4 Å². The molecule has 1 aliphatic heterocycles. The summed E-state index contributed by atoms with van der Waals surface area (Å²) < 4.78 is 0. The van der Waals surface area contributed by atoms with Crippen molar-refractivity contribution in [1.82, 2.24) is 5.01 Å². The van der Waals surface area contributed by atoms with E-state index in [0.717, 1.165) is 13.1 Å². The maximum Gasteiger partial charge on any atom is 0.0964 e. The van der Waals surface area contributed by atoms with Crippen molar-refractivity contribution in [2.24, 2.45) is 5.10 Å². The molecule has 0 saturated carbocycles. The molecule has 0 unspecified atom stereocenters. The summed E-state index contributed by atoms with van der Waals surface area (Å²) in [5, 5.41) is 9.31. The van der Waals surface area contributed by atoms with E-state index >= 15 is 0 Å². The second-order valence-corrected chi connectivity index (χ2v) is 5.26. The largest absolute Gasteiger partial charge is 0.334 e. The van der Waals surface area contributed by atoms with Crippen molar-refractivity contribution in [3.05, 3.63) is 48.0 Å². The van der Waals surface area contributed by atoms with Crippen LogP contribution in [0.15, 0.2) is 47.6 Å². The Morgan fingerprint density at radius 1 is 1.05 bits per heavy atom. The van der Waals surface area contributed by atoms with E-state index in [2.05, 4.69) is 59.6 Å². The molecule has 0 radical (unpaired) electrons. The number of hydrogen-bond donors (Lipinski definition) is 1. The molecule has 1 heterocycles. The average Bonchev–Trinajstić information content (AvgIpc) is 2.46. The summed E-state index contributed by atoms with van der Waals surface area (Å²) in [6.45, 7) is 4.45. The third-order valence-corrected chi connectivity index (χ3v) is 3.74. The number of likely N-dealkylation sites (N-methyl/N-ethyl adjacent to an activating group) is 1. The van der Waals surface area contributed by atoms with E-state index in [4.69, 9.17) is 0 Å². The minimum atomic E-state index is 1.05. The van der Waals surface area contributed by atoms with E-state index in [1.807, 2.05) is 6.21 Å². The van der Waals surface area contributed by atoms with Crippen LogP contribution >= 0.6 is 0 Å².